The monoisotopic (exact) mass is 479 g/mol. The highest BCUT2D eigenvalue weighted by molar-refractivity contribution is 6.46. The fourth-order valence-corrected chi connectivity index (χ4v) is 4.49. The molecule has 3 rings (SSSR count). The Bertz CT molecular complexity index is 1080. The van der Waals surface area contributed by atoms with Crippen molar-refractivity contribution in [3.05, 3.63) is 70.3 Å². The molecule has 1 heterocycles. The average molecular weight is 480 g/mol. The molecule has 1 unspecified atom stereocenters. The lowest BCUT2D eigenvalue weighted by Gasteiger charge is -2.25. The number of benzene rings is 2. The van der Waals surface area contributed by atoms with Gasteiger partial charge in [-0.05, 0) is 60.1 Å². The Hall–Kier alpha value is -3.12. The standard InChI is InChI=1S/C29H37NO5/c1-7-35-24-14-13-22(17-23(24)19(4)5)27(31)25-26(21-11-9-20(10-12-21)18(2)3)30(15-8-16-34-6)29(33)28(25)32/h9-14,17-19,26,31H,7-8,15-16H2,1-6H3/b27-25-. The van der Waals surface area contributed by atoms with Crippen LogP contribution in [0.15, 0.2) is 48.0 Å². The van der Waals surface area contributed by atoms with Crippen molar-refractivity contribution in [1.82, 2.24) is 4.90 Å². The number of aliphatic hydroxyl groups is 1. The topological polar surface area (TPSA) is 76.1 Å². The van der Waals surface area contributed by atoms with Crippen LogP contribution in [0.5, 0.6) is 5.75 Å². The predicted octanol–water partition coefficient (Wildman–Crippen LogP) is 5.79. The molecule has 0 saturated carbocycles. The van der Waals surface area contributed by atoms with E-state index in [-0.39, 0.29) is 17.3 Å². The van der Waals surface area contributed by atoms with Crippen LogP contribution in [0.4, 0.5) is 0 Å². The highest BCUT2D eigenvalue weighted by atomic mass is 16.5. The summed E-state index contributed by atoms with van der Waals surface area (Å²) in [6.45, 7) is 11.6. The Morgan fingerprint density at radius 3 is 2.29 bits per heavy atom. The minimum absolute atomic E-state index is 0.114. The molecular formula is C29H37NO5. The van der Waals surface area contributed by atoms with Crippen LogP contribution in [-0.2, 0) is 14.3 Å². The number of likely N-dealkylation sites (tertiary alicyclic amines) is 1. The first-order chi connectivity index (χ1) is 16.7. The molecule has 1 aliphatic heterocycles. The maximum absolute atomic E-state index is 13.2. The maximum Gasteiger partial charge on any atom is 0.295 e. The first-order valence-corrected chi connectivity index (χ1v) is 12.4. The summed E-state index contributed by atoms with van der Waals surface area (Å²) in [4.78, 5) is 27.9. The number of carbonyl (C=O) groups excluding carboxylic acids is 2. The quantitative estimate of drug-likeness (QED) is 0.202. The number of rotatable bonds is 10. The lowest BCUT2D eigenvalue weighted by atomic mass is 9.92. The summed E-state index contributed by atoms with van der Waals surface area (Å²) in [7, 11) is 1.61. The van der Waals surface area contributed by atoms with Gasteiger partial charge in [-0.25, -0.2) is 0 Å². The van der Waals surface area contributed by atoms with Crippen molar-refractivity contribution in [3.63, 3.8) is 0 Å². The van der Waals surface area contributed by atoms with Gasteiger partial charge in [0.05, 0.1) is 18.2 Å². The molecule has 0 aliphatic carbocycles. The van der Waals surface area contributed by atoms with Gasteiger partial charge in [0.15, 0.2) is 0 Å². The predicted molar refractivity (Wildman–Crippen MR) is 138 cm³/mol. The first kappa shape index (κ1) is 26.5. The van der Waals surface area contributed by atoms with Gasteiger partial charge in [-0.2, -0.15) is 0 Å². The van der Waals surface area contributed by atoms with E-state index in [2.05, 4.69) is 13.8 Å². The number of ether oxygens (including phenoxy) is 2. The van der Waals surface area contributed by atoms with Crippen LogP contribution >= 0.6 is 0 Å². The van der Waals surface area contributed by atoms with E-state index in [9.17, 15) is 14.7 Å². The van der Waals surface area contributed by atoms with E-state index < -0.39 is 17.7 Å². The summed E-state index contributed by atoms with van der Waals surface area (Å²) >= 11 is 0. The molecule has 2 aromatic carbocycles. The largest absolute Gasteiger partial charge is 0.507 e. The van der Waals surface area contributed by atoms with E-state index in [1.165, 1.54) is 0 Å². The average Bonchev–Trinajstić information content (AvgIpc) is 3.09. The summed E-state index contributed by atoms with van der Waals surface area (Å²) < 4.78 is 10.9. The summed E-state index contributed by atoms with van der Waals surface area (Å²) in [5.41, 5.74) is 3.50. The van der Waals surface area contributed by atoms with Gasteiger partial charge in [-0.1, -0.05) is 52.0 Å². The van der Waals surface area contributed by atoms with Gasteiger partial charge in [0.1, 0.15) is 11.5 Å². The number of hydrogen-bond acceptors (Lipinski definition) is 5. The Labute approximate surface area is 208 Å². The second-order valence-electron chi connectivity index (χ2n) is 9.50. The zero-order chi connectivity index (χ0) is 25.7. The molecule has 0 bridgehead atoms. The second kappa shape index (κ2) is 11.5. The maximum atomic E-state index is 13.2. The molecule has 2 aromatic rings. The number of aliphatic hydroxyl groups excluding tert-OH is 1. The fourth-order valence-electron chi connectivity index (χ4n) is 4.49. The molecule has 0 radical (unpaired) electrons. The van der Waals surface area contributed by atoms with Crippen LogP contribution < -0.4 is 4.74 Å². The van der Waals surface area contributed by atoms with E-state index >= 15 is 0 Å². The number of hydrogen-bond donors (Lipinski definition) is 1. The Morgan fingerprint density at radius 2 is 1.71 bits per heavy atom. The third kappa shape index (κ3) is 5.59. The van der Waals surface area contributed by atoms with Crippen molar-refractivity contribution in [1.29, 1.82) is 0 Å². The molecule has 35 heavy (non-hydrogen) atoms. The van der Waals surface area contributed by atoms with E-state index in [1.54, 1.807) is 18.1 Å². The molecular weight excluding hydrogens is 442 g/mol. The van der Waals surface area contributed by atoms with Crippen LogP contribution in [0.1, 0.15) is 81.2 Å². The van der Waals surface area contributed by atoms with Crippen molar-refractivity contribution in [2.75, 3.05) is 26.9 Å². The van der Waals surface area contributed by atoms with Gasteiger partial charge in [0.25, 0.3) is 11.7 Å². The Balaban J connectivity index is 2.14. The summed E-state index contributed by atoms with van der Waals surface area (Å²) in [5.74, 6) is -0.177. The minimum Gasteiger partial charge on any atom is -0.507 e. The highest BCUT2D eigenvalue weighted by Gasteiger charge is 2.45. The van der Waals surface area contributed by atoms with E-state index in [0.29, 0.717) is 37.7 Å². The van der Waals surface area contributed by atoms with Crippen LogP contribution in [0.3, 0.4) is 0 Å². The number of amides is 1. The molecule has 0 aromatic heterocycles. The first-order valence-electron chi connectivity index (χ1n) is 12.4. The second-order valence-corrected chi connectivity index (χ2v) is 9.50. The smallest absolute Gasteiger partial charge is 0.295 e. The van der Waals surface area contributed by atoms with Gasteiger partial charge in [0.2, 0.25) is 0 Å². The lowest BCUT2D eigenvalue weighted by Crippen LogP contribution is -2.31. The summed E-state index contributed by atoms with van der Waals surface area (Å²) in [6.07, 6.45) is 0.588. The van der Waals surface area contributed by atoms with E-state index in [1.807, 2.05) is 57.2 Å². The molecule has 188 valence electrons. The Morgan fingerprint density at radius 1 is 1.03 bits per heavy atom. The minimum atomic E-state index is -0.669. The fraction of sp³-hybridized carbons (Fsp3) is 0.448. The zero-order valence-electron chi connectivity index (χ0n) is 21.6. The van der Waals surface area contributed by atoms with Crippen molar-refractivity contribution in [2.24, 2.45) is 0 Å². The third-order valence-corrected chi connectivity index (χ3v) is 6.41. The van der Waals surface area contributed by atoms with Gasteiger partial charge >= 0.3 is 0 Å². The molecule has 1 amide bonds. The molecule has 1 N–H and O–H groups in total. The van der Waals surface area contributed by atoms with Crippen molar-refractivity contribution in [2.45, 2.75) is 58.9 Å². The number of carbonyl (C=O) groups is 2. The summed E-state index contributed by atoms with van der Waals surface area (Å²) in [5, 5.41) is 11.4. The number of nitrogens with zero attached hydrogens (tertiary/aromatic N) is 1. The van der Waals surface area contributed by atoms with Gasteiger partial charge in [0, 0.05) is 25.8 Å². The van der Waals surface area contributed by atoms with Crippen LogP contribution in [0.25, 0.3) is 5.76 Å². The summed E-state index contributed by atoms with van der Waals surface area (Å²) in [6, 6.07) is 12.7. The van der Waals surface area contributed by atoms with Crippen molar-refractivity contribution < 1.29 is 24.2 Å². The molecule has 0 spiro atoms. The molecule has 6 heteroatoms. The van der Waals surface area contributed by atoms with Gasteiger partial charge in [-0.15, -0.1) is 0 Å². The highest BCUT2D eigenvalue weighted by Crippen LogP contribution is 2.40. The zero-order valence-corrected chi connectivity index (χ0v) is 21.6. The van der Waals surface area contributed by atoms with Crippen molar-refractivity contribution >= 4 is 17.4 Å². The normalized spacial score (nSPS) is 17.6. The molecule has 1 saturated heterocycles. The van der Waals surface area contributed by atoms with Crippen molar-refractivity contribution in [3.8, 4) is 5.75 Å². The molecule has 1 aliphatic rings. The van der Waals surface area contributed by atoms with E-state index in [4.69, 9.17) is 9.47 Å². The SMILES string of the molecule is CCOc1ccc(/C(O)=C2/C(=O)C(=O)N(CCCOC)C2c2ccc(C(C)C)cc2)cc1C(C)C. The van der Waals surface area contributed by atoms with Gasteiger partial charge < -0.3 is 19.5 Å². The van der Waals surface area contributed by atoms with Crippen LogP contribution in [-0.4, -0.2) is 48.6 Å². The molecule has 6 nitrogen and oxygen atoms in total. The lowest BCUT2D eigenvalue weighted by molar-refractivity contribution is -0.140. The Kier molecular flexibility index (Phi) is 8.73. The van der Waals surface area contributed by atoms with Gasteiger partial charge in [-0.3, -0.25) is 9.59 Å². The third-order valence-electron chi connectivity index (χ3n) is 6.41. The van der Waals surface area contributed by atoms with Crippen LogP contribution in [0, 0.1) is 0 Å². The number of ketones is 1. The van der Waals surface area contributed by atoms with Crippen LogP contribution in [0.2, 0.25) is 0 Å². The van der Waals surface area contributed by atoms with E-state index in [0.717, 1.165) is 22.4 Å². The molecule has 1 atom stereocenters. The number of Topliss-reactive ketones (excluding diaryl/α,β-unsaturated/α-hetero) is 1. The molecule has 1 fully saturated rings. The number of methoxy groups -OCH3 is 1.